The second-order valence-corrected chi connectivity index (χ2v) is 26.8. The summed E-state index contributed by atoms with van der Waals surface area (Å²) in [6, 6.07) is 22.4. The molecule has 0 bridgehead atoms. The summed E-state index contributed by atoms with van der Waals surface area (Å²) < 4.78 is 0. The molecule has 0 heterocycles. The van der Waals surface area contributed by atoms with Crippen LogP contribution in [0.1, 0.15) is 0 Å². The average Bonchev–Trinajstić information content (AvgIpc) is 2.40. The van der Waals surface area contributed by atoms with Crippen LogP contribution in [0.25, 0.3) is 0 Å². The first kappa shape index (κ1) is 14.5. The minimum Gasteiger partial charge on any atom is -0.261 e. The second-order valence-electron chi connectivity index (χ2n) is 6.32. The first-order valence-electron chi connectivity index (χ1n) is 6.90. The first-order chi connectivity index (χ1) is 8.92. The standard InChI is InChI=1S/C16H23Si3/c1-18(2,15-11-7-5-8-12-15)17-19(3,4)16-13-9-6-10-14-16/h5-14,17H,1-4H3/q-1. The summed E-state index contributed by atoms with van der Waals surface area (Å²) in [7, 11) is -1.97. The summed E-state index contributed by atoms with van der Waals surface area (Å²) in [6.45, 7) is 10.2. The molecule has 0 aliphatic heterocycles. The lowest BCUT2D eigenvalue weighted by molar-refractivity contribution is 1.72. The van der Waals surface area contributed by atoms with Crippen LogP contribution in [0.5, 0.6) is 0 Å². The van der Waals surface area contributed by atoms with Crippen LogP contribution in [0.4, 0.5) is 0 Å². The predicted octanol–water partition coefficient (Wildman–Crippen LogP) is 2.65. The van der Waals surface area contributed by atoms with Crippen molar-refractivity contribution in [1.82, 2.24) is 0 Å². The monoisotopic (exact) mass is 299 g/mol. The molecule has 2 rings (SSSR count). The summed E-state index contributed by atoms with van der Waals surface area (Å²) in [5.41, 5.74) is 0. The smallest absolute Gasteiger partial charge is 0.0623 e. The topological polar surface area (TPSA) is 0 Å². The first-order valence-corrected chi connectivity index (χ1v) is 16.5. The molecule has 0 amide bonds. The van der Waals surface area contributed by atoms with E-state index in [2.05, 4.69) is 86.9 Å². The molecule has 0 radical (unpaired) electrons. The molecule has 0 saturated carbocycles. The van der Waals surface area contributed by atoms with Crippen molar-refractivity contribution >= 4 is 34.1 Å². The quantitative estimate of drug-likeness (QED) is 0.762. The van der Waals surface area contributed by atoms with E-state index in [-0.39, 0.29) is 0 Å². The normalized spacial score (nSPS) is 12.4. The molecule has 0 spiro atoms. The Hall–Kier alpha value is -0.909. The fourth-order valence-corrected chi connectivity index (χ4v) is 33.9. The molecule has 0 unspecified atom stereocenters. The van der Waals surface area contributed by atoms with E-state index in [1.807, 2.05) is 0 Å². The van der Waals surface area contributed by atoms with Crippen molar-refractivity contribution in [2.45, 2.75) is 26.2 Å². The molecule has 2 aromatic rings. The van der Waals surface area contributed by atoms with E-state index < -0.39 is 15.2 Å². The van der Waals surface area contributed by atoms with Gasteiger partial charge in [-0.1, -0.05) is 112 Å². The third-order valence-electron chi connectivity index (χ3n) is 3.76. The molecule has 2 aromatic carbocycles. The van der Waals surface area contributed by atoms with Gasteiger partial charge in [-0.2, -0.15) is 0 Å². The minimum absolute atomic E-state index is 0.533. The van der Waals surface area contributed by atoms with E-state index in [4.69, 9.17) is 0 Å². The zero-order valence-corrected chi connectivity index (χ0v) is 15.5. The van der Waals surface area contributed by atoms with Gasteiger partial charge in [0.15, 0.2) is 0 Å². The molecule has 0 aliphatic carbocycles. The molecule has 0 aromatic heterocycles. The van der Waals surface area contributed by atoms with E-state index in [0.717, 1.165) is 0 Å². The van der Waals surface area contributed by atoms with Crippen LogP contribution in [0.15, 0.2) is 60.7 Å². The summed E-state index contributed by atoms with van der Waals surface area (Å²) in [5.74, 6) is 0. The molecule has 3 heteroatoms. The van der Waals surface area contributed by atoms with E-state index in [1.54, 1.807) is 10.4 Å². The Balaban J connectivity index is 2.25. The van der Waals surface area contributed by atoms with Crippen molar-refractivity contribution in [2.75, 3.05) is 0 Å². The van der Waals surface area contributed by atoms with Crippen molar-refractivity contribution in [3.63, 3.8) is 0 Å². The lowest BCUT2D eigenvalue weighted by atomic mass is 10.4. The van der Waals surface area contributed by atoms with Crippen LogP contribution in [-0.2, 0) is 0 Å². The second kappa shape index (κ2) is 5.61. The van der Waals surface area contributed by atoms with Crippen molar-refractivity contribution in [1.29, 1.82) is 0 Å². The molecule has 0 atom stereocenters. The molecule has 19 heavy (non-hydrogen) atoms. The van der Waals surface area contributed by atoms with Gasteiger partial charge in [0.1, 0.15) is 0 Å². The largest absolute Gasteiger partial charge is 0.261 e. The van der Waals surface area contributed by atoms with Crippen molar-refractivity contribution in [2.24, 2.45) is 0 Å². The van der Waals surface area contributed by atoms with Gasteiger partial charge in [0.25, 0.3) is 0 Å². The molecule has 0 saturated heterocycles. The zero-order chi connectivity index (χ0) is 13.9. The fraction of sp³-hybridized carbons (Fsp3) is 0.250. The summed E-state index contributed by atoms with van der Waals surface area (Å²) in [6.07, 6.45) is 0. The van der Waals surface area contributed by atoms with Crippen LogP contribution < -0.4 is 10.4 Å². The SMILES string of the molecule is C[Si](C)([SiH-][Si](C)(C)c1ccccc1)c1ccccc1. The number of benzene rings is 2. The Morgan fingerprint density at radius 1 is 0.579 bits per heavy atom. The lowest BCUT2D eigenvalue weighted by Gasteiger charge is -2.44. The van der Waals surface area contributed by atoms with Gasteiger partial charge < -0.3 is 0 Å². The molecule has 0 aliphatic rings. The highest BCUT2D eigenvalue weighted by Crippen LogP contribution is 2.10. The van der Waals surface area contributed by atoms with Crippen molar-refractivity contribution in [3.8, 4) is 0 Å². The van der Waals surface area contributed by atoms with Crippen molar-refractivity contribution in [3.05, 3.63) is 60.7 Å². The Labute approximate surface area is 121 Å². The van der Waals surface area contributed by atoms with Gasteiger partial charge in [-0.25, -0.2) is 0 Å². The molecule has 0 N–H and O–H groups in total. The van der Waals surface area contributed by atoms with Gasteiger partial charge in [-0.15, -0.1) is 0 Å². The zero-order valence-electron chi connectivity index (χ0n) is 12.4. The molecular weight excluding hydrogens is 276 g/mol. The minimum atomic E-state index is -1.25. The summed E-state index contributed by atoms with van der Waals surface area (Å²) in [5, 5.41) is 3.25. The Morgan fingerprint density at radius 2 is 0.895 bits per heavy atom. The molecular formula is C16H23Si3-. The van der Waals surface area contributed by atoms with E-state index >= 15 is 0 Å². The number of hydrogen-bond acceptors (Lipinski definition) is 0. The van der Waals surface area contributed by atoms with Crippen LogP contribution in [0, 0.1) is 0 Å². The number of hydrogen-bond donors (Lipinski definition) is 0. The maximum Gasteiger partial charge on any atom is -0.0623 e. The van der Waals surface area contributed by atoms with Gasteiger partial charge in [0, 0.05) is 0 Å². The molecule has 0 nitrogen and oxygen atoms in total. The predicted molar refractivity (Wildman–Crippen MR) is 94.3 cm³/mol. The summed E-state index contributed by atoms with van der Waals surface area (Å²) in [4.78, 5) is 0. The third kappa shape index (κ3) is 3.55. The third-order valence-corrected chi connectivity index (χ3v) is 28.2. The Bertz CT molecular complexity index is 469. The lowest BCUT2D eigenvalue weighted by Crippen LogP contribution is -2.62. The van der Waals surface area contributed by atoms with E-state index in [9.17, 15) is 0 Å². The van der Waals surface area contributed by atoms with Crippen LogP contribution in [0.3, 0.4) is 0 Å². The van der Waals surface area contributed by atoms with Gasteiger partial charge in [-0.3, -0.25) is 8.55 Å². The van der Waals surface area contributed by atoms with Crippen LogP contribution in [0.2, 0.25) is 26.2 Å². The van der Waals surface area contributed by atoms with Gasteiger partial charge in [-0.05, 0) is 0 Å². The van der Waals surface area contributed by atoms with E-state index in [0.29, 0.717) is 8.55 Å². The Kier molecular flexibility index (Phi) is 4.28. The maximum absolute atomic E-state index is 2.55. The summed E-state index contributed by atoms with van der Waals surface area (Å²) >= 11 is 0. The maximum atomic E-state index is 2.55. The highest BCUT2D eigenvalue weighted by Gasteiger charge is 2.23. The van der Waals surface area contributed by atoms with Gasteiger partial charge >= 0.3 is 0 Å². The van der Waals surface area contributed by atoms with Crippen LogP contribution in [-0.4, -0.2) is 23.7 Å². The average molecular weight is 300 g/mol. The number of rotatable bonds is 4. The molecule has 100 valence electrons. The Morgan fingerprint density at radius 3 is 1.21 bits per heavy atom. The molecule has 0 fully saturated rings. The van der Waals surface area contributed by atoms with E-state index in [1.165, 1.54) is 0 Å². The van der Waals surface area contributed by atoms with Gasteiger partial charge in [0.2, 0.25) is 0 Å². The highest BCUT2D eigenvalue weighted by molar-refractivity contribution is 7.58. The highest BCUT2D eigenvalue weighted by atomic mass is 29.6. The van der Waals surface area contributed by atoms with Crippen molar-refractivity contribution < 1.29 is 0 Å². The van der Waals surface area contributed by atoms with Crippen LogP contribution >= 0.6 is 0 Å². The van der Waals surface area contributed by atoms with Gasteiger partial charge in [0.05, 0.1) is 0 Å². The fourth-order valence-electron chi connectivity index (χ4n) is 2.80.